The third-order valence-electron chi connectivity index (χ3n) is 10.6. The van der Waals surface area contributed by atoms with Gasteiger partial charge < -0.3 is 20.4 Å². The van der Waals surface area contributed by atoms with E-state index in [0.717, 1.165) is 54.9 Å². The molecule has 246 valence electrons. The SMILES string of the molecule is CC(C)(CO)c1ccc(C(C)(CC(c2c(O)ccc3ccccc23)c2c(O)ccc3ccccc23)c2ccc(C(C)(C)CO)cc2)cc1. The van der Waals surface area contributed by atoms with E-state index in [1.54, 1.807) is 12.1 Å². The summed E-state index contributed by atoms with van der Waals surface area (Å²) in [6.45, 7) is 10.4. The van der Waals surface area contributed by atoms with Crippen LogP contribution in [0.4, 0.5) is 0 Å². The van der Waals surface area contributed by atoms with E-state index in [-0.39, 0.29) is 24.7 Å². The second-order valence-corrected chi connectivity index (χ2v) is 14.8. The Morgan fingerprint density at radius 2 is 0.812 bits per heavy atom. The van der Waals surface area contributed by atoms with Gasteiger partial charge in [-0.15, -0.1) is 0 Å². The number of phenols is 2. The maximum atomic E-state index is 11.7. The monoisotopic (exact) mass is 638 g/mol. The third kappa shape index (κ3) is 5.96. The van der Waals surface area contributed by atoms with Gasteiger partial charge in [0, 0.05) is 33.3 Å². The zero-order valence-electron chi connectivity index (χ0n) is 28.5. The van der Waals surface area contributed by atoms with Crippen molar-refractivity contribution in [2.75, 3.05) is 13.2 Å². The van der Waals surface area contributed by atoms with Gasteiger partial charge in [-0.25, -0.2) is 0 Å². The first-order valence-corrected chi connectivity index (χ1v) is 16.7. The fourth-order valence-corrected chi connectivity index (χ4v) is 7.22. The molecule has 0 aliphatic rings. The topological polar surface area (TPSA) is 80.9 Å². The largest absolute Gasteiger partial charge is 0.508 e. The highest BCUT2D eigenvalue weighted by molar-refractivity contribution is 5.92. The molecule has 0 fully saturated rings. The minimum Gasteiger partial charge on any atom is -0.508 e. The number of fused-ring (bicyclic) bond motifs is 2. The Labute approximate surface area is 284 Å². The van der Waals surface area contributed by atoms with Gasteiger partial charge in [-0.1, -0.05) is 144 Å². The van der Waals surface area contributed by atoms with Gasteiger partial charge in [0.15, 0.2) is 0 Å². The van der Waals surface area contributed by atoms with Crippen LogP contribution < -0.4 is 0 Å². The summed E-state index contributed by atoms with van der Waals surface area (Å²) in [4.78, 5) is 0. The molecule has 6 rings (SSSR count). The average Bonchev–Trinajstić information content (AvgIpc) is 3.11. The first-order chi connectivity index (χ1) is 22.9. The average molecular weight is 639 g/mol. The van der Waals surface area contributed by atoms with Crippen molar-refractivity contribution in [2.45, 2.75) is 63.2 Å². The van der Waals surface area contributed by atoms with Crippen molar-refractivity contribution >= 4 is 21.5 Å². The molecule has 0 spiro atoms. The van der Waals surface area contributed by atoms with Crippen molar-refractivity contribution in [3.8, 4) is 11.5 Å². The summed E-state index contributed by atoms with van der Waals surface area (Å²) < 4.78 is 0. The smallest absolute Gasteiger partial charge is 0.120 e. The van der Waals surface area contributed by atoms with Crippen molar-refractivity contribution in [2.24, 2.45) is 0 Å². The molecule has 4 nitrogen and oxygen atoms in total. The summed E-state index contributed by atoms with van der Waals surface area (Å²) in [7, 11) is 0. The Morgan fingerprint density at radius 1 is 0.458 bits per heavy atom. The summed E-state index contributed by atoms with van der Waals surface area (Å²) in [5.41, 5.74) is 4.44. The van der Waals surface area contributed by atoms with E-state index in [0.29, 0.717) is 6.42 Å². The fourth-order valence-electron chi connectivity index (χ4n) is 7.22. The van der Waals surface area contributed by atoms with Crippen LogP contribution in [0.15, 0.2) is 121 Å². The predicted octanol–water partition coefficient (Wildman–Crippen LogP) is 9.47. The van der Waals surface area contributed by atoms with Crippen LogP contribution in [0.1, 0.15) is 80.3 Å². The molecular weight excluding hydrogens is 592 g/mol. The van der Waals surface area contributed by atoms with Gasteiger partial charge in [-0.3, -0.25) is 0 Å². The zero-order chi connectivity index (χ0) is 34.3. The first kappa shape index (κ1) is 33.3. The van der Waals surface area contributed by atoms with E-state index in [1.807, 2.05) is 64.1 Å². The van der Waals surface area contributed by atoms with Crippen molar-refractivity contribution in [1.82, 2.24) is 0 Å². The Balaban J connectivity index is 1.63. The van der Waals surface area contributed by atoms with Crippen LogP contribution in [0, 0.1) is 0 Å². The van der Waals surface area contributed by atoms with E-state index in [2.05, 4.69) is 79.7 Å². The molecule has 6 aromatic rings. The van der Waals surface area contributed by atoms with Crippen LogP contribution in [0.5, 0.6) is 11.5 Å². The number of hydrogen-bond donors (Lipinski definition) is 4. The van der Waals surface area contributed by atoms with Crippen molar-refractivity contribution in [3.05, 3.63) is 155 Å². The number of aliphatic hydroxyl groups is 2. The molecule has 0 aliphatic heterocycles. The molecule has 4 N–H and O–H groups in total. The molecule has 0 bridgehead atoms. The van der Waals surface area contributed by atoms with Crippen LogP contribution in [0.25, 0.3) is 21.5 Å². The summed E-state index contributed by atoms with van der Waals surface area (Å²) in [6, 6.07) is 40.7. The van der Waals surface area contributed by atoms with Crippen LogP contribution >= 0.6 is 0 Å². The van der Waals surface area contributed by atoms with Gasteiger partial charge in [0.2, 0.25) is 0 Å². The lowest BCUT2D eigenvalue weighted by Gasteiger charge is -2.37. The molecule has 0 aliphatic carbocycles. The van der Waals surface area contributed by atoms with E-state index in [4.69, 9.17) is 0 Å². The normalized spacial score (nSPS) is 12.7. The summed E-state index contributed by atoms with van der Waals surface area (Å²) in [5.74, 6) is -0.0312. The molecule has 0 atom stereocenters. The highest BCUT2D eigenvalue weighted by atomic mass is 16.3. The molecule has 0 saturated carbocycles. The lowest BCUT2D eigenvalue weighted by Crippen LogP contribution is -2.29. The number of aromatic hydroxyl groups is 2. The van der Waals surface area contributed by atoms with Gasteiger partial charge >= 0.3 is 0 Å². The minimum atomic E-state index is -0.596. The van der Waals surface area contributed by atoms with E-state index >= 15 is 0 Å². The van der Waals surface area contributed by atoms with Crippen LogP contribution in [0.3, 0.4) is 0 Å². The van der Waals surface area contributed by atoms with E-state index in [9.17, 15) is 20.4 Å². The second kappa shape index (κ2) is 12.8. The summed E-state index contributed by atoms with van der Waals surface area (Å²) in [5, 5.41) is 47.5. The molecule has 0 amide bonds. The molecule has 0 aromatic heterocycles. The highest BCUT2D eigenvalue weighted by Gasteiger charge is 2.37. The van der Waals surface area contributed by atoms with E-state index in [1.165, 1.54) is 0 Å². The van der Waals surface area contributed by atoms with Crippen molar-refractivity contribution < 1.29 is 20.4 Å². The molecule has 0 saturated heterocycles. The third-order valence-corrected chi connectivity index (χ3v) is 10.6. The predicted molar refractivity (Wildman–Crippen MR) is 197 cm³/mol. The number of aliphatic hydroxyl groups excluding tert-OH is 2. The van der Waals surface area contributed by atoms with Crippen LogP contribution in [-0.2, 0) is 16.2 Å². The zero-order valence-corrected chi connectivity index (χ0v) is 28.5. The van der Waals surface area contributed by atoms with Gasteiger partial charge in [-0.2, -0.15) is 0 Å². The molecular formula is C44H46O4. The summed E-state index contributed by atoms with van der Waals surface area (Å²) in [6.07, 6.45) is 0.529. The molecule has 4 heteroatoms. The fraction of sp³-hybridized carbons (Fsp3) is 0.273. The van der Waals surface area contributed by atoms with Gasteiger partial charge in [0.1, 0.15) is 11.5 Å². The Hall–Kier alpha value is -4.64. The quantitative estimate of drug-likeness (QED) is 0.121. The lowest BCUT2D eigenvalue weighted by molar-refractivity contribution is 0.218. The molecule has 0 heterocycles. The maximum Gasteiger partial charge on any atom is 0.120 e. The van der Waals surface area contributed by atoms with Gasteiger partial charge in [-0.05, 0) is 62.4 Å². The Kier molecular flexibility index (Phi) is 8.84. The van der Waals surface area contributed by atoms with Crippen molar-refractivity contribution in [3.63, 3.8) is 0 Å². The minimum absolute atomic E-state index is 0.0362. The van der Waals surface area contributed by atoms with Gasteiger partial charge in [0.25, 0.3) is 0 Å². The number of rotatable bonds is 10. The second-order valence-electron chi connectivity index (χ2n) is 14.8. The summed E-state index contributed by atoms with van der Waals surface area (Å²) >= 11 is 0. The highest BCUT2D eigenvalue weighted by Crippen LogP contribution is 2.51. The Morgan fingerprint density at radius 3 is 1.19 bits per heavy atom. The number of phenolic OH excluding ortho intramolecular Hbond substituents is 2. The first-order valence-electron chi connectivity index (χ1n) is 16.7. The molecule has 48 heavy (non-hydrogen) atoms. The van der Waals surface area contributed by atoms with Crippen LogP contribution in [0.2, 0.25) is 0 Å². The van der Waals surface area contributed by atoms with Crippen LogP contribution in [-0.4, -0.2) is 33.6 Å². The van der Waals surface area contributed by atoms with E-state index < -0.39 is 22.2 Å². The molecule has 6 aromatic carbocycles. The number of hydrogen-bond acceptors (Lipinski definition) is 4. The molecule has 0 radical (unpaired) electrons. The maximum absolute atomic E-state index is 11.7. The Bertz CT molecular complexity index is 1910. The molecule has 0 unspecified atom stereocenters. The lowest BCUT2D eigenvalue weighted by atomic mass is 9.66. The van der Waals surface area contributed by atoms with Crippen molar-refractivity contribution in [1.29, 1.82) is 0 Å². The van der Waals surface area contributed by atoms with Gasteiger partial charge in [0.05, 0.1) is 13.2 Å². The number of benzene rings is 6. The standard InChI is InChI=1S/C44H46O4/c1-42(2,27-45)31-16-20-33(21-17-31)44(5,34-22-18-32(19-23-34)43(3,4)28-46)26-37(40-35-12-8-6-10-29(35)14-24-38(40)47)41-36-13-9-7-11-30(36)15-25-39(41)48/h6-25,37,45-48H,26-28H2,1-5H3.